The molecule has 1 saturated carbocycles. The zero-order valence-electron chi connectivity index (χ0n) is 16.5. The van der Waals surface area contributed by atoms with E-state index in [9.17, 15) is 4.79 Å². The van der Waals surface area contributed by atoms with E-state index in [1.54, 1.807) is 0 Å². The summed E-state index contributed by atoms with van der Waals surface area (Å²) < 4.78 is 5.65. The molecule has 0 amide bonds. The molecule has 4 heteroatoms. The molecule has 4 rings (SSSR count). The second-order valence-electron chi connectivity index (χ2n) is 8.10. The van der Waals surface area contributed by atoms with Crippen molar-refractivity contribution in [3.05, 3.63) is 54.6 Å². The number of esters is 1. The van der Waals surface area contributed by atoms with Crippen molar-refractivity contribution in [3.8, 4) is 11.1 Å². The minimum Gasteiger partial charge on any atom is -0.462 e. The number of carbonyl (C=O) groups is 1. The summed E-state index contributed by atoms with van der Waals surface area (Å²) in [6.45, 7) is 2.63. The highest BCUT2D eigenvalue weighted by Crippen LogP contribution is 2.48. The molecule has 0 aromatic heterocycles. The molecule has 0 radical (unpaired) electrons. The van der Waals surface area contributed by atoms with Gasteiger partial charge in [0.15, 0.2) is 0 Å². The van der Waals surface area contributed by atoms with Gasteiger partial charge in [0.05, 0.1) is 5.41 Å². The number of nitrogens with one attached hydrogen (secondary N) is 2. The molecular weight excluding hydrogens is 348 g/mol. The van der Waals surface area contributed by atoms with Crippen LogP contribution < -0.4 is 10.6 Å². The van der Waals surface area contributed by atoms with E-state index in [1.807, 2.05) is 6.07 Å². The zero-order chi connectivity index (χ0) is 19.2. The third-order valence-corrected chi connectivity index (χ3v) is 6.16. The largest absolute Gasteiger partial charge is 0.462 e. The number of carbonyl (C=O) groups excluding carboxylic acids is 1. The summed E-state index contributed by atoms with van der Waals surface area (Å²) in [5, 5.41) is 7.02. The second-order valence-corrected chi connectivity index (χ2v) is 8.10. The summed E-state index contributed by atoms with van der Waals surface area (Å²) in [6, 6.07) is 18.9. The van der Waals surface area contributed by atoms with Gasteiger partial charge in [-0.2, -0.15) is 0 Å². The molecule has 1 aliphatic carbocycles. The Morgan fingerprint density at radius 2 is 1.68 bits per heavy atom. The van der Waals surface area contributed by atoms with Crippen molar-refractivity contribution in [2.45, 2.75) is 44.6 Å². The first kappa shape index (κ1) is 19.0. The first-order valence-electron chi connectivity index (χ1n) is 10.6. The fourth-order valence-electron chi connectivity index (χ4n) is 4.64. The van der Waals surface area contributed by atoms with E-state index in [-0.39, 0.29) is 17.5 Å². The summed E-state index contributed by atoms with van der Waals surface area (Å²) in [6.07, 6.45) is 6.35. The summed E-state index contributed by atoms with van der Waals surface area (Å²) in [4.78, 5) is 12.2. The van der Waals surface area contributed by atoms with Crippen LogP contribution in [0.1, 0.15) is 38.5 Å². The van der Waals surface area contributed by atoms with Crippen molar-refractivity contribution in [2.75, 3.05) is 25.0 Å². The Balaban J connectivity index is 1.19. The Morgan fingerprint density at radius 1 is 0.929 bits per heavy atom. The first-order chi connectivity index (χ1) is 13.8. The molecule has 1 heterocycles. The Morgan fingerprint density at radius 3 is 2.50 bits per heavy atom. The molecular formula is C24H30N2O2. The molecule has 0 bridgehead atoms. The van der Waals surface area contributed by atoms with E-state index in [1.165, 1.54) is 24.0 Å². The molecule has 1 aliphatic heterocycles. The van der Waals surface area contributed by atoms with E-state index in [0.29, 0.717) is 0 Å². The van der Waals surface area contributed by atoms with E-state index >= 15 is 0 Å². The van der Waals surface area contributed by atoms with Gasteiger partial charge in [-0.3, -0.25) is 4.79 Å². The first-order valence-corrected chi connectivity index (χ1v) is 10.6. The molecule has 2 aliphatic rings. The van der Waals surface area contributed by atoms with Gasteiger partial charge in [-0.05, 0) is 37.4 Å². The average molecular weight is 379 g/mol. The lowest BCUT2D eigenvalue weighted by Crippen LogP contribution is -2.26. The maximum Gasteiger partial charge on any atom is 0.312 e. The summed E-state index contributed by atoms with van der Waals surface area (Å²) >= 11 is 0. The van der Waals surface area contributed by atoms with E-state index in [0.717, 1.165) is 51.0 Å². The lowest BCUT2D eigenvalue weighted by molar-refractivity contribution is -0.148. The number of rotatable bonds is 8. The molecule has 4 nitrogen and oxygen atoms in total. The lowest BCUT2D eigenvalue weighted by atomic mass is 9.83. The van der Waals surface area contributed by atoms with Crippen LogP contribution in [0, 0.1) is 5.41 Å². The van der Waals surface area contributed by atoms with Crippen LogP contribution in [0.25, 0.3) is 11.1 Å². The average Bonchev–Trinajstić information content (AvgIpc) is 3.33. The summed E-state index contributed by atoms with van der Waals surface area (Å²) in [7, 11) is 0. The molecule has 1 unspecified atom stereocenters. The van der Waals surface area contributed by atoms with Crippen molar-refractivity contribution in [1.82, 2.24) is 5.32 Å². The van der Waals surface area contributed by atoms with E-state index in [4.69, 9.17) is 4.74 Å². The third kappa shape index (κ3) is 4.22. The smallest absolute Gasteiger partial charge is 0.312 e. The fourth-order valence-corrected chi connectivity index (χ4v) is 4.64. The van der Waals surface area contributed by atoms with Crippen LogP contribution in [0.15, 0.2) is 54.6 Å². The van der Waals surface area contributed by atoms with Gasteiger partial charge in [-0.25, -0.2) is 0 Å². The van der Waals surface area contributed by atoms with Crippen LogP contribution in [-0.2, 0) is 9.53 Å². The number of anilines is 1. The molecule has 2 fully saturated rings. The standard InChI is InChI=1S/C24H30N2O2/c27-23-24(13-6-7-14-24)18-20(28-23)12-15-25-16-17-26-22-11-5-4-10-21(22)19-8-2-1-3-9-19/h1-5,8-11,20,25-26H,6-7,12-18H2. The van der Waals surface area contributed by atoms with Gasteiger partial charge in [0.1, 0.15) is 6.10 Å². The number of benzene rings is 2. The van der Waals surface area contributed by atoms with Crippen LogP contribution in [-0.4, -0.2) is 31.7 Å². The lowest BCUT2D eigenvalue weighted by Gasteiger charge is -2.16. The highest BCUT2D eigenvalue weighted by molar-refractivity contribution is 5.79. The predicted octanol–water partition coefficient (Wildman–Crippen LogP) is 4.62. The summed E-state index contributed by atoms with van der Waals surface area (Å²) in [5.41, 5.74) is 3.47. The molecule has 1 atom stereocenters. The third-order valence-electron chi connectivity index (χ3n) is 6.16. The van der Waals surface area contributed by atoms with Crippen LogP contribution in [0.4, 0.5) is 5.69 Å². The van der Waals surface area contributed by atoms with Gasteiger partial charge in [0.2, 0.25) is 0 Å². The van der Waals surface area contributed by atoms with Crippen LogP contribution in [0.5, 0.6) is 0 Å². The number of para-hydroxylation sites is 1. The van der Waals surface area contributed by atoms with Gasteiger partial charge in [-0.15, -0.1) is 0 Å². The van der Waals surface area contributed by atoms with Gasteiger partial charge < -0.3 is 15.4 Å². The van der Waals surface area contributed by atoms with Crippen LogP contribution in [0.3, 0.4) is 0 Å². The number of hydrogen-bond acceptors (Lipinski definition) is 4. The quantitative estimate of drug-likeness (QED) is 0.520. The molecule has 148 valence electrons. The van der Waals surface area contributed by atoms with Crippen molar-refractivity contribution >= 4 is 11.7 Å². The summed E-state index contributed by atoms with van der Waals surface area (Å²) in [5.74, 6) is 0.0641. The number of ether oxygens (including phenoxy) is 1. The SMILES string of the molecule is O=C1OC(CCNCCNc2ccccc2-c2ccccc2)CC12CCCC2. The molecule has 1 saturated heterocycles. The van der Waals surface area contributed by atoms with Crippen LogP contribution >= 0.6 is 0 Å². The molecule has 1 spiro atoms. The normalized spacial score (nSPS) is 20.4. The number of cyclic esters (lactones) is 1. The minimum absolute atomic E-state index is 0.0641. The monoisotopic (exact) mass is 378 g/mol. The maximum absolute atomic E-state index is 12.2. The Hall–Kier alpha value is -2.33. The molecule has 2 aromatic rings. The Kier molecular flexibility index (Phi) is 5.96. The maximum atomic E-state index is 12.2. The minimum atomic E-state index is -0.132. The topological polar surface area (TPSA) is 50.4 Å². The molecule has 2 aromatic carbocycles. The predicted molar refractivity (Wildman–Crippen MR) is 113 cm³/mol. The van der Waals surface area contributed by atoms with E-state index < -0.39 is 0 Å². The molecule has 2 N–H and O–H groups in total. The van der Waals surface area contributed by atoms with E-state index in [2.05, 4.69) is 59.2 Å². The Labute approximate surface area is 167 Å². The van der Waals surface area contributed by atoms with Crippen molar-refractivity contribution in [2.24, 2.45) is 5.41 Å². The zero-order valence-corrected chi connectivity index (χ0v) is 16.5. The van der Waals surface area contributed by atoms with Crippen molar-refractivity contribution in [1.29, 1.82) is 0 Å². The highest BCUT2D eigenvalue weighted by Gasteiger charge is 2.49. The van der Waals surface area contributed by atoms with Crippen molar-refractivity contribution < 1.29 is 9.53 Å². The fraction of sp³-hybridized carbons (Fsp3) is 0.458. The highest BCUT2D eigenvalue weighted by atomic mass is 16.6. The number of hydrogen-bond donors (Lipinski definition) is 2. The second kappa shape index (κ2) is 8.78. The Bertz CT molecular complexity index is 784. The van der Waals surface area contributed by atoms with Gasteiger partial charge in [0.25, 0.3) is 0 Å². The van der Waals surface area contributed by atoms with Crippen LogP contribution in [0.2, 0.25) is 0 Å². The van der Waals surface area contributed by atoms with Crippen molar-refractivity contribution in [3.63, 3.8) is 0 Å². The molecule has 28 heavy (non-hydrogen) atoms. The van der Waals surface area contributed by atoms with Gasteiger partial charge in [0, 0.05) is 30.8 Å². The van der Waals surface area contributed by atoms with Gasteiger partial charge in [-0.1, -0.05) is 61.4 Å². The van der Waals surface area contributed by atoms with Gasteiger partial charge >= 0.3 is 5.97 Å².